The van der Waals surface area contributed by atoms with Crippen LogP contribution in [0.1, 0.15) is 0 Å². The number of thiophene rings is 1. The number of nitrogens with zero attached hydrogens (tertiary/aromatic N) is 1. The van der Waals surface area contributed by atoms with Gasteiger partial charge in [0.25, 0.3) is 0 Å². The zero-order chi connectivity index (χ0) is 28.3. The Morgan fingerprint density at radius 2 is 1.14 bits per heavy atom. The molecule has 0 fully saturated rings. The highest BCUT2D eigenvalue weighted by molar-refractivity contribution is 7.26. The molecule has 0 aliphatic heterocycles. The molecule has 0 atom stereocenters. The summed E-state index contributed by atoms with van der Waals surface area (Å²) in [6.07, 6.45) is 0. The molecule has 0 radical (unpaired) electrons. The predicted octanol–water partition coefficient (Wildman–Crippen LogP) is 12.2. The van der Waals surface area contributed by atoms with Gasteiger partial charge in [-0.2, -0.15) is 0 Å². The van der Waals surface area contributed by atoms with Crippen LogP contribution in [0.25, 0.3) is 64.0 Å². The van der Waals surface area contributed by atoms with Crippen LogP contribution in [0.15, 0.2) is 156 Å². The smallest absolute Gasteiger partial charge is 0.144 e. The second kappa shape index (κ2) is 9.59. The summed E-state index contributed by atoms with van der Waals surface area (Å²) in [5.74, 6) is 0. The normalized spacial score (nSPS) is 11.7. The molecule has 0 bridgehead atoms. The quantitative estimate of drug-likeness (QED) is 0.210. The molecule has 43 heavy (non-hydrogen) atoms. The van der Waals surface area contributed by atoms with Crippen molar-refractivity contribution in [3.05, 3.63) is 152 Å². The van der Waals surface area contributed by atoms with Gasteiger partial charge in [-0.3, -0.25) is 0 Å². The van der Waals surface area contributed by atoms with E-state index in [0.29, 0.717) is 0 Å². The van der Waals surface area contributed by atoms with Gasteiger partial charge in [0.15, 0.2) is 0 Å². The number of para-hydroxylation sites is 1. The van der Waals surface area contributed by atoms with E-state index in [1.807, 2.05) is 11.3 Å². The SMILES string of the molecule is c1ccc(-c2ccc(N(c3ccccc3)c3cccc4sc5ccc6c(oc7ccc8ccccc8c76)c5c34)cc2)cc1. The molecule has 9 aromatic rings. The molecule has 0 spiro atoms. The van der Waals surface area contributed by atoms with Gasteiger partial charge in [-0.05, 0) is 76.5 Å². The summed E-state index contributed by atoms with van der Waals surface area (Å²) in [6.45, 7) is 0. The first kappa shape index (κ1) is 24.2. The number of furan rings is 1. The monoisotopic (exact) mass is 567 g/mol. The Morgan fingerprint density at radius 3 is 1.98 bits per heavy atom. The minimum atomic E-state index is 0.925. The molecule has 7 aromatic carbocycles. The van der Waals surface area contributed by atoms with Crippen molar-refractivity contribution >= 4 is 81.3 Å². The average molecular weight is 568 g/mol. The lowest BCUT2D eigenvalue weighted by atomic mass is 10.0. The molecule has 0 aliphatic rings. The van der Waals surface area contributed by atoms with Crippen LogP contribution >= 0.6 is 11.3 Å². The highest BCUT2D eigenvalue weighted by Gasteiger charge is 2.22. The fourth-order valence-electron chi connectivity index (χ4n) is 6.51. The van der Waals surface area contributed by atoms with Crippen LogP contribution in [0.5, 0.6) is 0 Å². The lowest BCUT2D eigenvalue weighted by molar-refractivity contribution is 0.673. The van der Waals surface area contributed by atoms with Crippen molar-refractivity contribution in [1.82, 2.24) is 0 Å². The number of anilines is 3. The van der Waals surface area contributed by atoms with E-state index in [-0.39, 0.29) is 0 Å². The van der Waals surface area contributed by atoms with Crippen LogP contribution < -0.4 is 4.90 Å². The number of benzene rings is 7. The van der Waals surface area contributed by atoms with Crippen LogP contribution in [-0.4, -0.2) is 0 Å². The zero-order valence-corrected chi connectivity index (χ0v) is 24.0. The minimum Gasteiger partial charge on any atom is -0.455 e. The van der Waals surface area contributed by atoms with Gasteiger partial charge < -0.3 is 9.32 Å². The Morgan fingerprint density at radius 1 is 0.442 bits per heavy atom. The lowest BCUT2D eigenvalue weighted by Gasteiger charge is -2.26. The minimum absolute atomic E-state index is 0.925. The number of hydrogen-bond acceptors (Lipinski definition) is 3. The summed E-state index contributed by atoms with van der Waals surface area (Å²) in [6, 6.07) is 54.1. The predicted molar refractivity (Wildman–Crippen MR) is 184 cm³/mol. The van der Waals surface area contributed by atoms with Crippen LogP contribution in [0.3, 0.4) is 0 Å². The van der Waals surface area contributed by atoms with Gasteiger partial charge >= 0.3 is 0 Å². The largest absolute Gasteiger partial charge is 0.455 e. The standard InChI is InChI=1S/C40H25NOS/c1-3-10-26(11-4-1)27-18-21-30(22-19-27)41(29-13-5-2-6-14-29)33-16-9-17-35-38(33)39-36(43-35)25-23-32-37-31-15-8-7-12-28(31)20-24-34(37)42-40(32)39/h1-25H. The van der Waals surface area contributed by atoms with Crippen LogP contribution in [-0.2, 0) is 0 Å². The zero-order valence-electron chi connectivity index (χ0n) is 23.2. The molecule has 0 saturated carbocycles. The molecular formula is C40H25NOS. The maximum atomic E-state index is 6.74. The Bertz CT molecular complexity index is 2440. The van der Waals surface area contributed by atoms with Crippen LogP contribution in [0, 0.1) is 0 Å². The molecule has 9 rings (SSSR count). The molecule has 0 aliphatic carbocycles. The van der Waals surface area contributed by atoms with E-state index in [9.17, 15) is 0 Å². The van der Waals surface area contributed by atoms with Gasteiger partial charge in [0.2, 0.25) is 0 Å². The van der Waals surface area contributed by atoms with Crippen molar-refractivity contribution in [2.24, 2.45) is 0 Å². The molecule has 0 unspecified atom stereocenters. The van der Waals surface area contributed by atoms with Gasteiger partial charge in [0.05, 0.1) is 5.69 Å². The van der Waals surface area contributed by atoms with Crippen molar-refractivity contribution in [1.29, 1.82) is 0 Å². The van der Waals surface area contributed by atoms with Gasteiger partial charge in [0.1, 0.15) is 11.2 Å². The van der Waals surface area contributed by atoms with Gasteiger partial charge in [-0.15, -0.1) is 11.3 Å². The Labute approximate surface area is 252 Å². The second-order valence-electron chi connectivity index (χ2n) is 10.9. The van der Waals surface area contributed by atoms with E-state index in [0.717, 1.165) is 33.6 Å². The maximum Gasteiger partial charge on any atom is 0.144 e. The molecule has 0 saturated heterocycles. The number of hydrogen-bond donors (Lipinski definition) is 0. The van der Waals surface area contributed by atoms with E-state index in [1.54, 1.807) is 0 Å². The van der Waals surface area contributed by atoms with Crippen LogP contribution in [0.2, 0.25) is 0 Å². The summed E-state index contributed by atoms with van der Waals surface area (Å²) in [5.41, 5.74) is 7.66. The Balaban J connectivity index is 1.33. The van der Waals surface area contributed by atoms with Gasteiger partial charge in [0, 0.05) is 42.3 Å². The molecule has 2 nitrogen and oxygen atoms in total. The molecular weight excluding hydrogens is 543 g/mol. The van der Waals surface area contributed by atoms with Crippen molar-refractivity contribution in [2.45, 2.75) is 0 Å². The third kappa shape index (κ3) is 3.79. The molecule has 0 N–H and O–H groups in total. The average Bonchev–Trinajstić information content (AvgIpc) is 3.65. The summed E-state index contributed by atoms with van der Waals surface area (Å²) >= 11 is 1.83. The van der Waals surface area contributed by atoms with E-state index in [1.165, 1.54) is 47.5 Å². The van der Waals surface area contributed by atoms with Crippen molar-refractivity contribution < 1.29 is 4.42 Å². The second-order valence-corrected chi connectivity index (χ2v) is 12.0. The fourth-order valence-corrected chi connectivity index (χ4v) is 7.64. The first-order valence-electron chi connectivity index (χ1n) is 14.5. The highest BCUT2D eigenvalue weighted by Crippen LogP contribution is 2.48. The fraction of sp³-hybridized carbons (Fsp3) is 0. The summed E-state index contributed by atoms with van der Waals surface area (Å²) in [4.78, 5) is 2.38. The third-order valence-corrected chi connectivity index (χ3v) is 9.57. The van der Waals surface area contributed by atoms with Gasteiger partial charge in [-0.1, -0.05) is 97.1 Å². The first-order chi connectivity index (χ1) is 21.3. The van der Waals surface area contributed by atoms with Crippen molar-refractivity contribution in [3.63, 3.8) is 0 Å². The third-order valence-electron chi connectivity index (χ3n) is 8.45. The molecule has 2 aromatic heterocycles. The Hall–Kier alpha value is -5.38. The summed E-state index contributed by atoms with van der Waals surface area (Å²) in [7, 11) is 0. The number of rotatable bonds is 4. The summed E-state index contributed by atoms with van der Waals surface area (Å²) in [5, 5.41) is 7.18. The van der Waals surface area contributed by atoms with Crippen molar-refractivity contribution in [3.8, 4) is 11.1 Å². The van der Waals surface area contributed by atoms with Crippen molar-refractivity contribution in [2.75, 3.05) is 4.90 Å². The van der Waals surface area contributed by atoms with E-state index in [4.69, 9.17) is 4.42 Å². The number of fused-ring (bicyclic) bond motifs is 9. The van der Waals surface area contributed by atoms with Crippen LogP contribution in [0.4, 0.5) is 17.1 Å². The van der Waals surface area contributed by atoms with E-state index in [2.05, 4.69) is 157 Å². The molecule has 202 valence electrons. The molecule has 2 heterocycles. The first-order valence-corrected chi connectivity index (χ1v) is 15.3. The highest BCUT2D eigenvalue weighted by atomic mass is 32.1. The van der Waals surface area contributed by atoms with E-state index >= 15 is 0 Å². The summed E-state index contributed by atoms with van der Waals surface area (Å²) < 4.78 is 9.21. The maximum absolute atomic E-state index is 6.74. The van der Waals surface area contributed by atoms with E-state index < -0.39 is 0 Å². The van der Waals surface area contributed by atoms with Gasteiger partial charge in [-0.25, -0.2) is 0 Å². The molecule has 3 heteroatoms. The Kier molecular flexibility index (Phi) is 5.40. The lowest BCUT2D eigenvalue weighted by Crippen LogP contribution is -2.10. The molecule has 0 amide bonds. The topological polar surface area (TPSA) is 16.4 Å².